The van der Waals surface area contributed by atoms with Gasteiger partial charge in [-0.2, -0.15) is 5.10 Å². The van der Waals surface area contributed by atoms with Gasteiger partial charge in [-0.1, -0.05) is 12.1 Å². The number of halogens is 1. The molecule has 4 rings (SSSR count). The Morgan fingerprint density at radius 3 is 2.62 bits per heavy atom. The molecule has 0 aliphatic rings. The number of nitrogens with two attached hydrogens (primary N) is 1. The second kappa shape index (κ2) is 5.20. The summed E-state index contributed by atoms with van der Waals surface area (Å²) in [6.07, 6.45) is 4.61. The van der Waals surface area contributed by atoms with Crippen molar-refractivity contribution in [3.8, 4) is 11.1 Å². The van der Waals surface area contributed by atoms with Crippen LogP contribution in [0, 0.1) is 5.82 Å². The van der Waals surface area contributed by atoms with Gasteiger partial charge in [0, 0.05) is 18.0 Å². The lowest BCUT2D eigenvalue weighted by atomic mass is 10.1. The van der Waals surface area contributed by atoms with E-state index in [0.717, 1.165) is 11.1 Å². The van der Waals surface area contributed by atoms with Crippen LogP contribution in [-0.4, -0.2) is 24.3 Å². The predicted octanol–water partition coefficient (Wildman–Crippen LogP) is 1.94. The number of hydrogen-bond acceptors (Lipinski definition) is 4. The second-order valence-corrected chi connectivity index (χ2v) is 5.61. The average Bonchev–Trinajstić information content (AvgIpc) is 3.00. The maximum absolute atomic E-state index is 13.1. The molecule has 24 heavy (non-hydrogen) atoms. The van der Waals surface area contributed by atoms with E-state index in [1.807, 2.05) is 0 Å². The van der Waals surface area contributed by atoms with Crippen LogP contribution in [0.4, 0.5) is 4.39 Å². The Labute approximate surface area is 140 Å². The van der Waals surface area contributed by atoms with E-state index in [9.17, 15) is 9.18 Å². The molecular weight excluding hydrogens is 329 g/mol. The van der Waals surface area contributed by atoms with Crippen molar-refractivity contribution >= 4 is 33.9 Å². The van der Waals surface area contributed by atoms with Gasteiger partial charge >= 0.3 is 0 Å². The zero-order valence-electron chi connectivity index (χ0n) is 12.2. The van der Waals surface area contributed by atoms with Crippen LogP contribution in [0.1, 0.15) is 0 Å². The highest BCUT2D eigenvalue weighted by atomic mass is 32.1. The molecule has 0 aliphatic carbocycles. The number of benzene rings is 1. The maximum atomic E-state index is 13.1. The molecule has 118 valence electrons. The Hall–Kier alpha value is -3.13. The van der Waals surface area contributed by atoms with Crippen LogP contribution in [0.3, 0.4) is 0 Å². The van der Waals surface area contributed by atoms with E-state index in [1.54, 1.807) is 28.9 Å². The first-order chi connectivity index (χ1) is 11.6. The Balaban J connectivity index is 2.01. The summed E-state index contributed by atoms with van der Waals surface area (Å²) < 4.78 is 15.8. The van der Waals surface area contributed by atoms with Gasteiger partial charge in [0.1, 0.15) is 5.82 Å². The van der Waals surface area contributed by atoms with Crippen LogP contribution in [0.5, 0.6) is 0 Å². The second-order valence-electron chi connectivity index (χ2n) is 5.19. The van der Waals surface area contributed by atoms with Crippen molar-refractivity contribution in [2.45, 2.75) is 0 Å². The highest BCUT2D eigenvalue weighted by molar-refractivity contribution is 7.80. The van der Waals surface area contributed by atoms with Gasteiger partial charge in [0.25, 0.3) is 5.56 Å². The fourth-order valence-electron chi connectivity index (χ4n) is 2.62. The summed E-state index contributed by atoms with van der Waals surface area (Å²) in [5.41, 5.74) is 7.87. The molecule has 0 unspecified atom stereocenters. The Morgan fingerprint density at radius 2 is 1.92 bits per heavy atom. The van der Waals surface area contributed by atoms with E-state index in [-0.39, 0.29) is 16.5 Å². The summed E-state index contributed by atoms with van der Waals surface area (Å²) >= 11 is 4.85. The molecule has 1 aromatic carbocycles. The number of fused-ring (bicyclic) bond motifs is 3. The monoisotopic (exact) mass is 339 g/mol. The summed E-state index contributed by atoms with van der Waals surface area (Å²) in [6, 6.07) is 7.76. The van der Waals surface area contributed by atoms with Gasteiger partial charge in [-0.3, -0.25) is 9.36 Å². The maximum Gasteiger partial charge on any atom is 0.267 e. The number of pyridine rings is 1. The molecule has 0 aliphatic heterocycles. The van der Waals surface area contributed by atoms with Crippen LogP contribution in [-0.2, 0) is 0 Å². The van der Waals surface area contributed by atoms with Gasteiger partial charge in [0.15, 0.2) is 10.8 Å². The SMILES string of the molecule is NC(=S)n1ccc2c(cnc3c(-c4ccc(F)cc4)cnn32)c1=O. The smallest absolute Gasteiger partial charge is 0.267 e. The number of nitrogens with zero attached hydrogens (tertiary/aromatic N) is 4. The highest BCUT2D eigenvalue weighted by Crippen LogP contribution is 2.25. The third-order valence-corrected chi connectivity index (χ3v) is 3.98. The third-order valence-electron chi connectivity index (χ3n) is 3.79. The molecule has 0 spiro atoms. The van der Waals surface area contributed by atoms with E-state index in [4.69, 9.17) is 18.0 Å². The predicted molar refractivity (Wildman–Crippen MR) is 92.3 cm³/mol. The Bertz CT molecular complexity index is 1160. The largest absolute Gasteiger partial charge is 0.376 e. The minimum Gasteiger partial charge on any atom is -0.376 e. The molecule has 0 fully saturated rings. The summed E-state index contributed by atoms with van der Waals surface area (Å²) in [7, 11) is 0. The van der Waals surface area contributed by atoms with Gasteiger partial charge in [0.05, 0.1) is 17.1 Å². The van der Waals surface area contributed by atoms with Gasteiger partial charge in [-0.15, -0.1) is 0 Å². The molecule has 2 N–H and O–H groups in total. The molecule has 0 amide bonds. The summed E-state index contributed by atoms with van der Waals surface area (Å²) in [5.74, 6) is -0.313. The third kappa shape index (κ3) is 2.08. The van der Waals surface area contributed by atoms with E-state index in [2.05, 4.69) is 10.1 Å². The first-order valence-corrected chi connectivity index (χ1v) is 7.41. The van der Waals surface area contributed by atoms with Gasteiger partial charge in [-0.25, -0.2) is 13.9 Å². The lowest BCUT2D eigenvalue weighted by Crippen LogP contribution is -2.31. The molecule has 8 heteroatoms. The van der Waals surface area contributed by atoms with Crippen molar-refractivity contribution in [1.29, 1.82) is 0 Å². The normalized spacial score (nSPS) is 11.2. The standard InChI is InChI=1S/C16H10FN5OS/c17-10-3-1-9(2-4-10)11-8-20-22-13-5-6-21(16(18)24)15(23)12(13)7-19-14(11)22/h1-8H,(H2,18,24). The fourth-order valence-corrected chi connectivity index (χ4v) is 2.77. The van der Waals surface area contributed by atoms with Crippen molar-refractivity contribution < 1.29 is 4.39 Å². The zero-order valence-corrected chi connectivity index (χ0v) is 13.0. The van der Waals surface area contributed by atoms with E-state index in [1.165, 1.54) is 29.1 Å². The first kappa shape index (κ1) is 14.5. The van der Waals surface area contributed by atoms with Crippen molar-refractivity contribution in [2.75, 3.05) is 0 Å². The molecule has 0 atom stereocenters. The van der Waals surface area contributed by atoms with Gasteiger partial charge in [-0.05, 0) is 36.0 Å². The summed E-state index contributed by atoms with van der Waals surface area (Å²) in [5, 5.41) is 4.63. The number of aromatic nitrogens is 4. The quantitative estimate of drug-likeness (QED) is 0.536. The molecule has 0 radical (unpaired) electrons. The molecule has 6 nitrogen and oxygen atoms in total. The van der Waals surface area contributed by atoms with E-state index >= 15 is 0 Å². The molecular formula is C16H10FN5OS. The Kier molecular flexibility index (Phi) is 3.14. The molecule has 3 aromatic heterocycles. The molecule has 0 bridgehead atoms. The van der Waals surface area contributed by atoms with Crippen molar-refractivity contribution in [3.63, 3.8) is 0 Å². The minimum absolute atomic E-state index is 0.0329. The first-order valence-electron chi connectivity index (χ1n) is 7.00. The molecule has 4 aromatic rings. The minimum atomic E-state index is -0.353. The molecule has 0 saturated heterocycles. The fraction of sp³-hybridized carbons (Fsp3) is 0. The van der Waals surface area contributed by atoms with Crippen molar-refractivity contribution in [3.05, 3.63) is 65.1 Å². The lowest BCUT2D eigenvalue weighted by molar-refractivity contribution is 0.628. The van der Waals surface area contributed by atoms with Crippen LogP contribution >= 0.6 is 12.2 Å². The lowest BCUT2D eigenvalue weighted by Gasteiger charge is -2.06. The molecule has 0 saturated carbocycles. The topological polar surface area (TPSA) is 78.2 Å². The van der Waals surface area contributed by atoms with Crippen molar-refractivity contribution in [1.82, 2.24) is 19.2 Å². The van der Waals surface area contributed by atoms with Gasteiger partial charge in [0.2, 0.25) is 0 Å². The summed E-state index contributed by atoms with van der Waals surface area (Å²) in [4.78, 5) is 16.7. The molecule has 3 heterocycles. The van der Waals surface area contributed by atoms with E-state index in [0.29, 0.717) is 16.6 Å². The Morgan fingerprint density at radius 1 is 1.17 bits per heavy atom. The van der Waals surface area contributed by atoms with Gasteiger partial charge < -0.3 is 5.73 Å². The van der Waals surface area contributed by atoms with Crippen molar-refractivity contribution in [2.24, 2.45) is 5.73 Å². The number of hydrogen-bond donors (Lipinski definition) is 1. The number of rotatable bonds is 1. The van der Waals surface area contributed by atoms with Crippen LogP contribution < -0.4 is 11.3 Å². The van der Waals surface area contributed by atoms with Crippen LogP contribution in [0.25, 0.3) is 27.7 Å². The summed E-state index contributed by atoms with van der Waals surface area (Å²) in [6.45, 7) is 0. The van der Waals surface area contributed by atoms with E-state index < -0.39 is 0 Å². The number of thiocarbonyl (C=S) groups is 1. The van der Waals surface area contributed by atoms with Crippen LogP contribution in [0.2, 0.25) is 0 Å². The average molecular weight is 339 g/mol. The zero-order chi connectivity index (χ0) is 16.8. The highest BCUT2D eigenvalue weighted by Gasteiger charge is 2.13. The van der Waals surface area contributed by atoms with Crippen LogP contribution in [0.15, 0.2) is 53.7 Å².